The van der Waals surface area contributed by atoms with E-state index in [1.54, 1.807) is 15.9 Å². The van der Waals surface area contributed by atoms with E-state index in [2.05, 4.69) is 10.4 Å². The van der Waals surface area contributed by atoms with Gasteiger partial charge in [0.1, 0.15) is 11.3 Å². The van der Waals surface area contributed by atoms with Crippen LogP contribution in [0.5, 0.6) is 5.88 Å². The summed E-state index contributed by atoms with van der Waals surface area (Å²) in [5.74, 6) is -0.196. The van der Waals surface area contributed by atoms with Gasteiger partial charge in [-0.05, 0) is 38.3 Å². The fraction of sp³-hybridized carbons (Fsp3) is 0.455. The maximum atomic E-state index is 12.8. The molecule has 0 saturated carbocycles. The third kappa shape index (κ3) is 5.37. The standard InChI is InChI=1S/C22H29N5O5/c1-22(2,3)32-21(30)27-12-10-26(11-13-27)20(29)25(4)24-18(28)17-14-15-8-6-7-9-16(15)19(23-17)31-5/h6-9,14H,10-13H2,1-5H3,(H,24,28). The molecular formula is C22H29N5O5. The molecule has 0 aliphatic carbocycles. The van der Waals surface area contributed by atoms with Crippen LogP contribution < -0.4 is 10.2 Å². The lowest BCUT2D eigenvalue weighted by molar-refractivity contribution is 0.0155. The van der Waals surface area contributed by atoms with E-state index in [1.807, 2.05) is 45.0 Å². The third-order valence-electron chi connectivity index (χ3n) is 4.89. The van der Waals surface area contributed by atoms with Crippen LogP contribution in [0.3, 0.4) is 0 Å². The van der Waals surface area contributed by atoms with Crippen molar-refractivity contribution in [2.24, 2.45) is 0 Å². The summed E-state index contributed by atoms with van der Waals surface area (Å²) in [5.41, 5.74) is 2.11. The van der Waals surface area contributed by atoms with Crippen molar-refractivity contribution in [3.63, 3.8) is 0 Å². The normalized spacial score (nSPS) is 14.2. The van der Waals surface area contributed by atoms with Gasteiger partial charge in [-0.1, -0.05) is 18.2 Å². The number of nitrogens with zero attached hydrogens (tertiary/aromatic N) is 4. The summed E-state index contributed by atoms with van der Waals surface area (Å²) in [6.45, 7) is 6.80. The van der Waals surface area contributed by atoms with Gasteiger partial charge in [-0.25, -0.2) is 19.6 Å². The Hall–Kier alpha value is -3.56. The minimum absolute atomic E-state index is 0.134. The average molecular weight is 444 g/mol. The molecule has 1 aliphatic heterocycles. The number of fused-ring (bicyclic) bond motifs is 1. The summed E-state index contributed by atoms with van der Waals surface area (Å²) in [7, 11) is 2.96. The van der Waals surface area contributed by atoms with Crippen LogP contribution in [0.25, 0.3) is 10.8 Å². The summed E-state index contributed by atoms with van der Waals surface area (Å²) in [4.78, 5) is 45.1. The fourth-order valence-electron chi connectivity index (χ4n) is 3.32. The van der Waals surface area contributed by atoms with Crippen molar-refractivity contribution in [2.75, 3.05) is 40.3 Å². The van der Waals surface area contributed by atoms with Crippen molar-refractivity contribution in [3.8, 4) is 5.88 Å². The van der Waals surface area contributed by atoms with E-state index in [4.69, 9.17) is 9.47 Å². The molecular weight excluding hydrogens is 414 g/mol. The van der Waals surface area contributed by atoms with Gasteiger partial charge in [-0.3, -0.25) is 10.2 Å². The first kappa shape index (κ1) is 23.1. The molecule has 1 saturated heterocycles. The van der Waals surface area contributed by atoms with E-state index in [0.717, 1.165) is 15.8 Å². The minimum Gasteiger partial charge on any atom is -0.481 e. The van der Waals surface area contributed by atoms with Crippen LogP contribution in [0, 0.1) is 0 Å². The Labute approximate surface area is 187 Å². The van der Waals surface area contributed by atoms with Crippen LogP contribution in [0.15, 0.2) is 30.3 Å². The lowest BCUT2D eigenvalue weighted by Crippen LogP contribution is -2.56. The smallest absolute Gasteiger partial charge is 0.410 e. The molecule has 1 aromatic carbocycles. The van der Waals surface area contributed by atoms with E-state index in [1.165, 1.54) is 14.2 Å². The molecule has 0 unspecified atom stereocenters. The highest BCUT2D eigenvalue weighted by Crippen LogP contribution is 2.24. The van der Waals surface area contributed by atoms with Crippen LogP contribution in [0.4, 0.5) is 9.59 Å². The number of methoxy groups -OCH3 is 1. The molecule has 0 atom stereocenters. The highest BCUT2D eigenvalue weighted by molar-refractivity contribution is 5.98. The topological polar surface area (TPSA) is 104 Å². The van der Waals surface area contributed by atoms with E-state index < -0.39 is 17.6 Å². The number of urea groups is 1. The van der Waals surface area contributed by atoms with Gasteiger partial charge in [-0.2, -0.15) is 0 Å². The number of nitrogens with one attached hydrogen (secondary N) is 1. The summed E-state index contributed by atoms with van der Waals surface area (Å²) in [6.07, 6.45) is -0.400. The lowest BCUT2D eigenvalue weighted by atomic mass is 10.1. The molecule has 1 N–H and O–H groups in total. The van der Waals surface area contributed by atoms with Gasteiger partial charge in [0, 0.05) is 38.6 Å². The number of hydrazine groups is 1. The molecule has 2 aromatic rings. The number of amides is 4. The van der Waals surface area contributed by atoms with Crippen molar-refractivity contribution in [2.45, 2.75) is 26.4 Å². The monoisotopic (exact) mass is 443 g/mol. The molecule has 0 bridgehead atoms. The first-order valence-corrected chi connectivity index (χ1v) is 10.3. The molecule has 0 spiro atoms. The van der Waals surface area contributed by atoms with Gasteiger partial charge in [-0.15, -0.1) is 0 Å². The van der Waals surface area contributed by atoms with Crippen LogP contribution in [0.1, 0.15) is 31.3 Å². The number of benzene rings is 1. The van der Waals surface area contributed by atoms with Crippen molar-refractivity contribution in [1.82, 2.24) is 25.2 Å². The molecule has 32 heavy (non-hydrogen) atoms. The van der Waals surface area contributed by atoms with Crippen molar-refractivity contribution in [1.29, 1.82) is 0 Å². The summed E-state index contributed by atoms with van der Waals surface area (Å²) in [6, 6.07) is 8.70. The zero-order valence-electron chi connectivity index (χ0n) is 19.0. The maximum absolute atomic E-state index is 12.8. The Bertz CT molecular complexity index is 1010. The van der Waals surface area contributed by atoms with Crippen LogP contribution in [-0.2, 0) is 4.74 Å². The van der Waals surface area contributed by atoms with Crippen LogP contribution >= 0.6 is 0 Å². The third-order valence-corrected chi connectivity index (χ3v) is 4.89. The Balaban J connectivity index is 1.60. The molecule has 0 radical (unpaired) electrons. The number of hydrogen-bond acceptors (Lipinski definition) is 6. The Kier molecular flexibility index (Phi) is 6.71. The quantitative estimate of drug-likeness (QED) is 0.715. The van der Waals surface area contributed by atoms with Crippen LogP contribution in [0.2, 0.25) is 0 Å². The number of hydrogen-bond donors (Lipinski definition) is 1. The maximum Gasteiger partial charge on any atom is 0.410 e. The zero-order chi connectivity index (χ0) is 23.5. The molecule has 2 heterocycles. The SMILES string of the molecule is COc1nc(C(=O)NN(C)C(=O)N2CCN(C(=O)OC(C)(C)C)CC2)cc2ccccc12. The molecule has 4 amide bonds. The van der Waals surface area contributed by atoms with Gasteiger partial charge in [0.15, 0.2) is 0 Å². The van der Waals surface area contributed by atoms with Gasteiger partial charge in [0.2, 0.25) is 5.88 Å². The zero-order valence-corrected chi connectivity index (χ0v) is 19.0. The number of pyridine rings is 1. The van der Waals surface area contributed by atoms with Gasteiger partial charge in [0.25, 0.3) is 5.91 Å². The molecule has 1 fully saturated rings. The number of rotatable bonds is 2. The number of aromatic nitrogens is 1. The number of piperazine rings is 1. The van der Waals surface area contributed by atoms with Gasteiger partial charge >= 0.3 is 12.1 Å². The Morgan fingerprint density at radius 2 is 1.69 bits per heavy atom. The molecule has 3 rings (SSSR count). The first-order valence-electron chi connectivity index (χ1n) is 10.3. The predicted octanol–water partition coefficient (Wildman–Crippen LogP) is 2.49. The second-order valence-electron chi connectivity index (χ2n) is 8.47. The summed E-state index contributed by atoms with van der Waals surface area (Å²) in [5, 5.41) is 2.71. The fourth-order valence-corrected chi connectivity index (χ4v) is 3.32. The van der Waals surface area contributed by atoms with E-state index in [0.29, 0.717) is 32.1 Å². The highest BCUT2D eigenvalue weighted by atomic mass is 16.6. The molecule has 172 valence electrons. The summed E-state index contributed by atoms with van der Waals surface area (Å²) < 4.78 is 10.7. The van der Waals surface area contributed by atoms with E-state index in [-0.39, 0.29) is 11.7 Å². The van der Waals surface area contributed by atoms with E-state index >= 15 is 0 Å². The average Bonchev–Trinajstić information content (AvgIpc) is 2.76. The van der Waals surface area contributed by atoms with Crippen molar-refractivity contribution in [3.05, 3.63) is 36.0 Å². The Morgan fingerprint density at radius 1 is 1.06 bits per heavy atom. The molecule has 10 nitrogen and oxygen atoms in total. The number of carbonyl (C=O) groups is 3. The Morgan fingerprint density at radius 3 is 2.31 bits per heavy atom. The first-order chi connectivity index (χ1) is 15.1. The minimum atomic E-state index is -0.575. The van der Waals surface area contributed by atoms with Gasteiger partial charge in [0.05, 0.1) is 7.11 Å². The number of ether oxygens (including phenoxy) is 2. The molecule has 1 aromatic heterocycles. The summed E-state index contributed by atoms with van der Waals surface area (Å²) >= 11 is 0. The van der Waals surface area contributed by atoms with Crippen molar-refractivity contribution >= 4 is 28.8 Å². The predicted molar refractivity (Wildman–Crippen MR) is 118 cm³/mol. The highest BCUT2D eigenvalue weighted by Gasteiger charge is 2.29. The van der Waals surface area contributed by atoms with Crippen LogP contribution in [-0.4, -0.2) is 83.8 Å². The van der Waals surface area contributed by atoms with Crippen molar-refractivity contribution < 1.29 is 23.9 Å². The second-order valence-corrected chi connectivity index (χ2v) is 8.47. The van der Waals surface area contributed by atoms with E-state index in [9.17, 15) is 14.4 Å². The second kappa shape index (κ2) is 9.29. The lowest BCUT2D eigenvalue weighted by Gasteiger charge is -2.37. The molecule has 1 aliphatic rings. The van der Waals surface area contributed by atoms with Gasteiger partial charge < -0.3 is 19.3 Å². The number of carbonyl (C=O) groups excluding carboxylic acids is 3. The largest absolute Gasteiger partial charge is 0.481 e. The molecule has 10 heteroatoms.